The molecule has 5 N–H and O–H groups in total. The summed E-state index contributed by atoms with van der Waals surface area (Å²) in [6.45, 7) is 3.79. The van der Waals surface area contributed by atoms with Crippen LogP contribution in [0.3, 0.4) is 0 Å². The number of nitrogens with zero attached hydrogens (tertiary/aromatic N) is 1. The molecule has 0 saturated heterocycles. The summed E-state index contributed by atoms with van der Waals surface area (Å²) in [6.07, 6.45) is 0.776. The SMILES string of the molecule is CNC(=O)NCc1ccccc1-c1ccc(CN2C(=O)[C@H](NC(=O)C(C)(C)N)CCc3cc(F)ccc32)cc1. The summed E-state index contributed by atoms with van der Waals surface area (Å²) < 4.78 is 14.1. The summed E-state index contributed by atoms with van der Waals surface area (Å²) >= 11 is 0. The molecule has 0 radical (unpaired) electrons. The molecular formula is C30H34FN5O3. The molecule has 0 aromatic heterocycles. The highest BCUT2D eigenvalue weighted by molar-refractivity contribution is 6.01. The molecule has 0 fully saturated rings. The van der Waals surface area contributed by atoms with Crippen molar-refractivity contribution in [3.8, 4) is 11.1 Å². The Bertz CT molecular complexity index is 1370. The summed E-state index contributed by atoms with van der Waals surface area (Å²) in [5.74, 6) is -1.07. The summed E-state index contributed by atoms with van der Waals surface area (Å²) in [6, 6.07) is 19.0. The molecule has 1 aliphatic rings. The molecule has 9 heteroatoms. The van der Waals surface area contributed by atoms with Crippen molar-refractivity contribution in [2.75, 3.05) is 11.9 Å². The fourth-order valence-corrected chi connectivity index (χ4v) is 4.58. The number of halogens is 1. The minimum Gasteiger partial charge on any atom is -0.343 e. The van der Waals surface area contributed by atoms with Gasteiger partial charge in [0.05, 0.1) is 12.1 Å². The molecule has 0 spiro atoms. The van der Waals surface area contributed by atoms with Gasteiger partial charge < -0.3 is 26.6 Å². The van der Waals surface area contributed by atoms with Gasteiger partial charge in [-0.2, -0.15) is 0 Å². The van der Waals surface area contributed by atoms with Gasteiger partial charge in [0.2, 0.25) is 11.8 Å². The number of hydrogen-bond donors (Lipinski definition) is 4. The monoisotopic (exact) mass is 531 g/mol. The Kier molecular flexibility index (Phi) is 8.30. The Morgan fingerprint density at radius 2 is 1.79 bits per heavy atom. The first kappa shape index (κ1) is 27.8. The first-order chi connectivity index (χ1) is 18.6. The van der Waals surface area contributed by atoms with Crippen LogP contribution in [0, 0.1) is 5.82 Å². The van der Waals surface area contributed by atoms with Crippen LogP contribution in [-0.2, 0) is 29.1 Å². The van der Waals surface area contributed by atoms with E-state index in [1.54, 1.807) is 31.9 Å². The molecule has 4 amide bonds. The van der Waals surface area contributed by atoms with Crippen LogP contribution in [0.1, 0.15) is 37.0 Å². The lowest BCUT2D eigenvalue weighted by Crippen LogP contribution is -2.56. The molecule has 0 bridgehead atoms. The third kappa shape index (κ3) is 6.61. The van der Waals surface area contributed by atoms with Gasteiger partial charge in [-0.3, -0.25) is 9.59 Å². The molecule has 8 nitrogen and oxygen atoms in total. The topological polar surface area (TPSA) is 117 Å². The second-order valence-electron chi connectivity index (χ2n) is 10.3. The number of rotatable bonds is 7. The minimum atomic E-state index is -1.14. The number of nitrogens with one attached hydrogen (secondary N) is 3. The van der Waals surface area contributed by atoms with Crippen molar-refractivity contribution in [2.45, 2.75) is 51.4 Å². The molecule has 1 aliphatic heterocycles. The molecule has 3 aromatic rings. The number of fused-ring (bicyclic) bond motifs is 1. The summed E-state index contributed by atoms with van der Waals surface area (Å²) in [7, 11) is 1.57. The average Bonchev–Trinajstić information content (AvgIpc) is 3.03. The number of amides is 4. The van der Waals surface area contributed by atoms with Gasteiger partial charge in [0, 0.05) is 19.3 Å². The maximum Gasteiger partial charge on any atom is 0.314 e. The molecule has 0 unspecified atom stereocenters. The lowest BCUT2D eigenvalue weighted by atomic mass is 9.98. The molecule has 3 aromatic carbocycles. The molecule has 4 rings (SSSR count). The Hall–Kier alpha value is -4.24. The number of benzene rings is 3. The molecule has 0 aliphatic carbocycles. The standard InChI is InChI=1S/C30H34FN5O3/c1-30(2,32)28(38)35-25-14-12-21-16-23(31)13-15-26(21)36(27(25)37)18-19-8-10-20(11-9-19)24-7-5-4-6-22(24)17-34-29(39)33-3/h4-11,13,15-16,25H,12,14,17-18,32H2,1-3H3,(H,35,38)(H2,33,34,39)/t25-/m1/s1. The van der Waals surface area contributed by atoms with Crippen molar-refractivity contribution in [2.24, 2.45) is 5.73 Å². The highest BCUT2D eigenvalue weighted by Gasteiger charge is 2.34. The number of urea groups is 1. The van der Waals surface area contributed by atoms with Gasteiger partial charge in [0.15, 0.2) is 0 Å². The van der Waals surface area contributed by atoms with Crippen molar-refractivity contribution in [3.63, 3.8) is 0 Å². The molecular weight excluding hydrogens is 497 g/mol. The molecule has 204 valence electrons. The van der Waals surface area contributed by atoms with Crippen LogP contribution in [0.15, 0.2) is 66.7 Å². The molecule has 1 atom stereocenters. The van der Waals surface area contributed by atoms with Gasteiger partial charge >= 0.3 is 6.03 Å². The van der Waals surface area contributed by atoms with E-state index in [0.29, 0.717) is 30.6 Å². The molecule has 1 heterocycles. The van der Waals surface area contributed by atoms with Gasteiger partial charge in [0.1, 0.15) is 11.9 Å². The molecule has 39 heavy (non-hydrogen) atoms. The number of anilines is 1. The third-order valence-corrected chi connectivity index (χ3v) is 6.78. The van der Waals surface area contributed by atoms with Crippen LogP contribution < -0.4 is 26.6 Å². The number of carbonyl (C=O) groups is 3. The van der Waals surface area contributed by atoms with Gasteiger partial charge in [-0.1, -0.05) is 48.5 Å². The largest absolute Gasteiger partial charge is 0.343 e. The lowest BCUT2D eigenvalue weighted by molar-refractivity contribution is -0.130. The number of hydrogen-bond acceptors (Lipinski definition) is 4. The van der Waals surface area contributed by atoms with E-state index < -0.39 is 17.5 Å². The maximum atomic E-state index is 14.1. The van der Waals surface area contributed by atoms with Gasteiger partial charge in [-0.25, -0.2) is 9.18 Å². The zero-order chi connectivity index (χ0) is 28.2. The van der Waals surface area contributed by atoms with E-state index >= 15 is 0 Å². The van der Waals surface area contributed by atoms with E-state index in [4.69, 9.17) is 5.73 Å². The van der Waals surface area contributed by atoms with Crippen molar-refractivity contribution in [3.05, 3.63) is 89.2 Å². The fraction of sp³-hybridized carbons (Fsp3) is 0.300. The van der Waals surface area contributed by atoms with Gasteiger partial charge in [-0.15, -0.1) is 0 Å². The second kappa shape index (κ2) is 11.7. The summed E-state index contributed by atoms with van der Waals surface area (Å²) in [5.41, 5.74) is 9.93. The zero-order valence-electron chi connectivity index (χ0n) is 22.4. The van der Waals surface area contributed by atoms with Crippen LogP contribution in [0.5, 0.6) is 0 Å². The number of carbonyl (C=O) groups excluding carboxylic acids is 3. The Balaban J connectivity index is 1.60. The van der Waals surface area contributed by atoms with E-state index in [2.05, 4.69) is 16.0 Å². The van der Waals surface area contributed by atoms with E-state index in [-0.39, 0.29) is 24.3 Å². The normalized spacial score (nSPS) is 15.3. The highest BCUT2D eigenvalue weighted by Crippen LogP contribution is 2.30. The first-order valence-electron chi connectivity index (χ1n) is 12.9. The predicted molar refractivity (Wildman–Crippen MR) is 149 cm³/mol. The Morgan fingerprint density at radius 1 is 1.08 bits per heavy atom. The van der Waals surface area contributed by atoms with Crippen LogP contribution in [0.2, 0.25) is 0 Å². The van der Waals surface area contributed by atoms with Crippen LogP contribution >= 0.6 is 0 Å². The Morgan fingerprint density at radius 3 is 2.49 bits per heavy atom. The van der Waals surface area contributed by atoms with E-state index in [1.807, 2.05) is 48.5 Å². The summed E-state index contributed by atoms with van der Waals surface area (Å²) in [5, 5.41) is 8.16. The highest BCUT2D eigenvalue weighted by atomic mass is 19.1. The van der Waals surface area contributed by atoms with E-state index in [0.717, 1.165) is 22.3 Å². The van der Waals surface area contributed by atoms with Gasteiger partial charge in [0.25, 0.3) is 0 Å². The fourth-order valence-electron chi connectivity index (χ4n) is 4.58. The Labute approximate surface area is 227 Å². The molecule has 0 saturated carbocycles. The number of aryl methyl sites for hydroxylation is 1. The predicted octanol–water partition coefficient (Wildman–Crippen LogP) is 3.62. The lowest BCUT2D eigenvalue weighted by Gasteiger charge is -2.28. The van der Waals surface area contributed by atoms with E-state index in [9.17, 15) is 18.8 Å². The van der Waals surface area contributed by atoms with E-state index in [1.165, 1.54) is 12.1 Å². The third-order valence-electron chi connectivity index (χ3n) is 6.78. The van der Waals surface area contributed by atoms with Crippen molar-refractivity contribution in [1.29, 1.82) is 0 Å². The maximum absolute atomic E-state index is 14.1. The second-order valence-corrected chi connectivity index (χ2v) is 10.3. The number of nitrogens with two attached hydrogens (primary N) is 1. The van der Waals surface area contributed by atoms with Crippen molar-refractivity contribution < 1.29 is 18.8 Å². The van der Waals surface area contributed by atoms with Crippen LogP contribution in [0.4, 0.5) is 14.9 Å². The first-order valence-corrected chi connectivity index (χ1v) is 12.9. The van der Waals surface area contributed by atoms with Gasteiger partial charge in [-0.05, 0) is 72.7 Å². The van der Waals surface area contributed by atoms with Crippen molar-refractivity contribution in [1.82, 2.24) is 16.0 Å². The van der Waals surface area contributed by atoms with Crippen LogP contribution in [-0.4, -0.2) is 36.5 Å². The van der Waals surface area contributed by atoms with Crippen LogP contribution in [0.25, 0.3) is 11.1 Å². The smallest absolute Gasteiger partial charge is 0.314 e. The van der Waals surface area contributed by atoms with Crippen molar-refractivity contribution >= 4 is 23.5 Å². The quantitative estimate of drug-likeness (QED) is 0.373. The minimum absolute atomic E-state index is 0.246. The average molecular weight is 532 g/mol. The zero-order valence-corrected chi connectivity index (χ0v) is 22.4. The summed E-state index contributed by atoms with van der Waals surface area (Å²) in [4.78, 5) is 39.5.